The molecule has 162 valence electrons. The SMILES string of the molecule is O=C1S/C(=C\c2ccccc2OCc2ccc(Cl)cc2)C(=O)N1CCOc1ccccc1. The lowest BCUT2D eigenvalue weighted by atomic mass is 10.1. The van der Waals surface area contributed by atoms with Gasteiger partial charge in [0.1, 0.15) is 24.7 Å². The van der Waals surface area contributed by atoms with E-state index in [1.54, 1.807) is 6.08 Å². The zero-order chi connectivity index (χ0) is 22.3. The highest BCUT2D eigenvalue weighted by atomic mass is 35.5. The zero-order valence-electron chi connectivity index (χ0n) is 17.1. The van der Waals surface area contributed by atoms with Crippen molar-refractivity contribution in [1.82, 2.24) is 4.90 Å². The number of hydrogen-bond donors (Lipinski definition) is 0. The van der Waals surface area contributed by atoms with E-state index in [0.29, 0.717) is 28.0 Å². The Morgan fingerprint density at radius 3 is 2.38 bits per heavy atom. The van der Waals surface area contributed by atoms with Crippen molar-refractivity contribution in [2.75, 3.05) is 13.2 Å². The minimum Gasteiger partial charge on any atom is -0.492 e. The van der Waals surface area contributed by atoms with Gasteiger partial charge in [-0.3, -0.25) is 14.5 Å². The van der Waals surface area contributed by atoms with Crippen LogP contribution in [0.2, 0.25) is 5.02 Å². The van der Waals surface area contributed by atoms with Gasteiger partial charge >= 0.3 is 0 Å². The molecule has 0 aromatic heterocycles. The van der Waals surface area contributed by atoms with Gasteiger partial charge in [-0.05, 0) is 53.7 Å². The molecule has 0 N–H and O–H groups in total. The van der Waals surface area contributed by atoms with Gasteiger partial charge < -0.3 is 9.47 Å². The summed E-state index contributed by atoms with van der Waals surface area (Å²) in [5, 5.41) is 0.358. The van der Waals surface area contributed by atoms with Crippen LogP contribution in [-0.2, 0) is 11.4 Å². The van der Waals surface area contributed by atoms with Crippen molar-refractivity contribution in [2.45, 2.75) is 6.61 Å². The second-order valence-corrected chi connectivity index (χ2v) is 8.38. The van der Waals surface area contributed by atoms with Crippen molar-refractivity contribution in [1.29, 1.82) is 0 Å². The first-order valence-corrected chi connectivity index (χ1v) is 11.2. The van der Waals surface area contributed by atoms with Gasteiger partial charge in [0.15, 0.2) is 0 Å². The van der Waals surface area contributed by atoms with Gasteiger partial charge in [-0.2, -0.15) is 0 Å². The van der Waals surface area contributed by atoms with Crippen LogP contribution < -0.4 is 9.47 Å². The number of carbonyl (C=O) groups excluding carboxylic acids is 2. The molecule has 1 heterocycles. The largest absolute Gasteiger partial charge is 0.492 e. The van der Waals surface area contributed by atoms with E-state index >= 15 is 0 Å². The van der Waals surface area contributed by atoms with E-state index in [2.05, 4.69) is 0 Å². The Morgan fingerprint density at radius 1 is 0.875 bits per heavy atom. The smallest absolute Gasteiger partial charge is 0.293 e. The summed E-state index contributed by atoms with van der Waals surface area (Å²) in [6.07, 6.45) is 1.69. The topological polar surface area (TPSA) is 55.8 Å². The molecule has 0 aliphatic carbocycles. The van der Waals surface area contributed by atoms with Gasteiger partial charge in [-0.15, -0.1) is 0 Å². The van der Waals surface area contributed by atoms with Crippen molar-refractivity contribution in [3.8, 4) is 11.5 Å². The van der Waals surface area contributed by atoms with Crippen LogP contribution in [0.3, 0.4) is 0 Å². The molecule has 32 heavy (non-hydrogen) atoms. The van der Waals surface area contributed by atoms with Gasteiger partial charge in [0, 0.05) is 10.6 Å². The standard InChI is InChI=1S/C25H20ClNO4S/c26-20-12-10-18(11-13-20)17-31-22-9-5-4-6-19(22)16-23-24(28)27(25(29)32-23)14-15-30-21-7-2-1-3-8-21/h1-13,16H,14-15,17H2/b23-16-. The molecule has 0 saturated carbocycles. The van der Waals surface area contributed by atoms with Gasteiger partial charge in [0.05, 0.1) is 11.4 Å². The number of benzene rings is 3. The Labute approximate surface area is 195 Å². The molecule has 2 amide bonds. The summed E-state index contributed by atoms with van der Waals surface area (Å²) >= 11 is 6.85. The maximum absolute atomic E-state index is 12.8. The monoisotopic (exact) mass is 465 g/mol. The predicted octanol–water partition coefficient (Wildman–Crippen LogP) is 6.03. The van der Waals surface area contributed by atoms with Gasteiger partial charge in [0.25, 0.3) is 11.1 Å². The van der Waals surface area contributed by atoms with Crippen LogP contribution in [0.5, 0.6) is 11.5 Å². The van der Waals surface area contributed by atoms with Crippen LogP contribution in [-0.4, -0.2) is 29.2 Å². The number of hydrogen-bond acceptors (Lipinski definition) is 5. The summed E-state index contributed by atoms with van der Waals surface area (Å²) in [7, 11) is 0. The first-order chi connectivity index (χ1) is 15.6. The Morgan fingerprint density at radius 2 is 1.59 bits per heavy atom. The second-order valence-electron chi connectivity index (χ2n) is 6.95. The third-order valence-corrected chi connectivity index (χ3v) is 5.87. The molecule has 7 heteroatoms. The number of thioether (sulfide) groups is 1. The molecular weight excluding hydrogens is 446 g/mol. The van der Waals surface area contributed by atoms with Gasteiger partial charge in [-0.1, -0.05) is 60.1 Å². The van der Waals surface area contributed by atoms with Crippen molar-refractivity contribution >= 4 is 40.6 Å². The van der Waals surface area contributed by atoms with Gasteiger partial charge in [-0.25, -0.2) is 0 Å². The summed E-state index contributed by atoms with van der Waals surface area (Å²) < 4.78 is 11.6. The van der Waals surface area contributed by atoms with Crippen LogP contribution in [0.4, 0.5) is 4.79 Å². The van der Waals surface area contributed by atoms with Crippen LogP contribution in [0.25, 0.3) is 6.08 Å². The molecule has 1 aliphatic heterocycles. The molecule has 1 fully saturated rings. The van der Waals surface area contributed by atoms with E-state index in [9.17, 15) is 9.59 Å². The lowest BCUT2D eigenvalue weighted by Crippen LogP contribution is -2.32. The number of carbonyl (C=O) groups is 2. The van der Waals surface area contributed by atoms with E-state index in [1.165, 1.54) is 4.90 Å². The second kappa shape index (κ2) is 10.4. The minimum atomic E-state index is -0.329. The Bertz CT molecular complexity index is 1130. The lowest BCUT2D eigenvalue weighted by molar-refractivity contribution is -0.123. The van der Waals surface area contributed by atoms with E-state index in [1.807, 2.05) is 78.9 Å². The third-order valence-electron chi connectivity index (χ3n) is 4.71. The number of rotatable bonds is 8. The molecule has 1 aliphatic rings. The van der Waals surface area contributed by atoms with Crippen LogP contribution in [0, 0.1) is 0 Å². The Kier molecular flexibility index (Phi) is 7.14. The molecule has 3 aromatic rings. The third kappa shape index (κ3) is 5.52. The van der Waals surface area contributed by atoms with Crippen LogP contribution in [0.15, 0.2) is 83.8 Å². The highest BCUT2D eigenvalue weighted by molar-refractivity contribution is 8.18. The average Bonchev–Trinajstić information content (AvgIpc) is 3.07. The quantitative estimate of drug-likeness (QED) is 0.380. The van der Waals surface area contributed by atoms with Crippen molar-refractivity contribution in [3.63, 3.8) is 0 Å². The Balaban J connectivity index is 1.41. The van der Waals surface area contributed by atoms with E-state index in [-0.39, 0.29) is 24.3 Å². The number of ether oxygens (including phenoxy) is 2. The average molecular weight is 466 g/mol. The molecule has 5 nitrogen and oxygen atoms in total. The number of halogens is 1. The van der Waals surface area contributed by atoms with Crippen molar-refractivity contribution in [3.05, 3.63) is 99.9 Å². The fourth-order valence-corrected chi connectivity index (χ4v) is 4.06. The highest BCUT2D eigenvalue weighted by Gasteiger charge is 2.35. The first-order valence-electron chi connectivity index (χ1n) is 9.99. The van der Waals surface area contributed by atoms with Crippen LogP contribution in [0.1, 0.15) is 11.1 Å². The van der Waals surface area contributed by atoms with E-state index in [4.69, 9.17) is 21.1 Å². The maximum atomic E-state index is 12.8. The molecule has 0 unspecified atom stereocenters. The normalized spacial score (nSPS) is 14.8. The summed E-state index contributed by atoms with van der Waals surface area (Å²) in [5.41, 5.74) is 1.70. The number of nitrogens with zero attached hydrogens (tertiary/aromatic N) is 1. The summed E-state index contributed by atoms with van der Waals surface area (Å²) in [4.78, 5) is 26.7. The number of amides is 2. The zero-order valence-corrected chi connectivity index (χ0v) is 18.6. The van der Waals surface area contributed by atoms with Gasteiger partial charge in [0.2, 0.25) is 0 Å². The minimum absolute atomic E-state index is 0.186. The molecule has 0 radical (unpaired) electrons. The number of imide groups is 1. The molecular formula is C25H20ClNO4S. The predicted molar refractivity (Wildman–Crippen MR) is 127 cm³/mol. The summed E-state index contributed by atoms with van der Waals surface area (Å²) in [6, 6.07) is 24.1. The van der Waals surface area contributed by atoms with Crippen LogP contribution >= 0.6 is 23.4 Å². The molecule has 3 aromatic carbocycles. The van der Waals surface area contributed by atoms with E-state index < -0.39 is 0 Å². The molecule has 0 atom stereocenters. The molecule has 0 spiro atoms. The number of para-hydroxylation sites is 2. The molecule has 1 saturated heterocycles. The summed E-state index contributed by atoms with van der Waals surface area (Å²) in [5.74, 6) is 0.993. The van der Waals surface area contributed by atoms with Crippen molar-refractivity contribution in [2.24, 2.45) is 0 Å². The maximum Gasteiger partial charge on any atom is 0.293 e. The van der Waals surface area contributed by atoms with Crippen molar-refractivity contribution < 1.29 is 19.1 Å². The molecule has 4 rings (SSSR count). The fourth-order valence-electron chi connectivity index (χ4n) is 3.08. The highest BCUT2D eigenvalue weighted by Crippen LogP contribution is 2.34. The first kappa shape index (κ1) is 22.0. The molecule has 0 bridgehead atoms. The lowest BCUT2D eigenvalue weighted by Gasteiger charge is -2.13. The fraction of sp³-hybridized carbons (Fsp3) is 0.120. The van der Waals surface area contributed by atoms with E-state index in [0.717, 1.165) is 22.9 Å². The Hall–Kier alpha value is -3.22. The summed E-state index contributed by atoms with van der Waals surface area (Å²) in [6.45, 7) is 0.780.